The average Bonchev–Trinajstić information content (AvgIpc) is 2.69. The fourth-order valence-corrected chi connectivity index (χ4v) is 3.16. The van der Waals surface area contributed by atoms with Crippen LogP contribution < -0.4 is 5.73 Å². The van der Waals surface area contributed by atoms with Crippen molar-refractivity contribution < 1.29 is 0 Å². The van der Waals surface area contributed by atoms with Gasteiger partial charge in [-0.1, -0.05) is 77.8 Å². The van der Waals surface area contributed by atoms with Crippen LogP contribution in [0.1, 0.15) is 5.56 Å². The first-order valence-corrected chi connectivity index (χ1v) is 8.93. The molecule has 0 unspecified atom stereocenters. The molecule has 2 N–H and O–H groups in total. The van der Waals surface area contributed by atoms with Crippen LogP contribution in [-0.4, -0.2) is 9.97 Å². The molecule has 0 radical (unpaired) electrons. The third-order valence-electron chi connectivity index (χ3n) is 4.22. The van der Waals surface area contributed by atoms with Gasteiger partial charge in [0.15, 0.2) is 0 Å². The van der Waals surface area contributed by atoms with E-state index in [1.54, 1.807) is 12.1 Å². The van der Waals surface area contributed by atoms with Crippen LogP contribution in [0.25, 0.3) is 33.5 Å². The molecule has 4 rings (SSSR count). The van der Waals surface area contributed by atoms with Crippen molar-refractivity contribution >= 4 is 34.2 Å². The van der Waals surface area contributed by atoms with E-state index < -0.39 is 0 Å². The van der Waals surface area contributed by atoms with Gasteiger partial charge in [0.1, 0.15) is 0 Å². The summed E-state index contributed by atoms with van der Waals surface area (Å²) in [7, 11) is 0. The molecule has 0 amide bonds. The molecule has 0 aliphatic carbocycles. The van der Waals surface area contributed by atoms with Gasteiger partial charge in [0.25, 0.3) is 0 Å². The van der Waals surface area contributed by atoms with Gasteiger partial charge in [-0.15, -0.1) is 0 Å². The molecule has 0 saturated heterocycles. The maximum absolute atomic E-state index is 6.17. The lowest BCUT2D eigenvalue weighted by molar-refractivity contribution is 1.07. The second kappa shape index (κ2) is 7.04. The molecule has 0 fully saturated rings. The molecule has 0 aliphatic rings. The van der Waals surface area contributed by atoms with E-state index in [1.165, 1.54) is 0 Å². The Morgan fingerprint density at radius 2 is 1.19 bits per heavy atom. The Kier molecular flexibility index (Phi) is 4.60. The van der Waals surface area contributed by atoms with Gasteiger partial charge in [-0.05, 0) is 17.7 Å². The number of aromatic nitrogens is 2. The maximum Gasteiger partial charge on any atom is 0.0973 e. The van der Waals surface area contributed by atoms with Crippen molar-refractivity contribution in [2.24, 2.45) is 5.73 Å². The zero-order valence-corrected chi connectivity index (χ0v) is 15.3. The largest absolute Gasteiger partial charge is 0.326 e. The van der Waals surface area contributed by atoms with Gasteiger partial charge < -0.3 is 5.73 Å². The smallest absolute Gasteiger partial charge is 0.0973 e. The molecule has 0 atom stereocenters. The van der Waals surface area contributed by atoms with Crippen LogP contribution in [0.2, 0.25) is 10.0 Å². The zero-order valence-electron chi connectivity index (χ0n) is 13.8. The highest BCUT2D eigenvalue weighted by molar-refractivity contribution is 6.42. The molecule has 0 spiro atoms. The van der Waals surface area contributed by atoms with Crippen LogP contribution in [0.5, 0.6) is 0 Å². The van der Waals surface area contributed by atoms with Crippen molar-refractivity contribution in [2.45, 2.75) is 6.54 Å². The van der Waals surface area contributed by atoms with E-state index in [0.717, 1.165) is 28.1 Å². The first-order chi connectivity index (χ1) is 12.7. The molecule has 3 nitrogen and oxygen atoms in total. The molecule has 1 heterocycles. The standard InChI is InChI=1S/C21H15Cl2N3/c22-16-10-18-19(11-17(16)23)26-21(15-8-6-13(12-24)7-9-15)20(25-18)14-4-2-1-3-5-14/h1-11H,12,24H2. The zero-order chi connectivity index (χ0) is 18.1. The SMILES string of the molecule is NCc1ccc(-c2nc3cc(Cl)c(Cl)cc3nc2-c2ccccc2)cc1. The van der Waals surface area contributed by atoms with E-state index in [2.05, 4.69) is 0 Å². The summed E-state index contributed by atoms with van der Waals surface area (Å²) in [6, 6.07) is 21.5. The second-order valence-corrected chi connectivity index (χ2v) is 6.76. The van der Waals surface area contributed by atoms with Crippen molar-refractivity contribution in [3.63, 3.8) is 0 Å². The molecule has 5 heteroatoms. The van der Waals surface area contributed by atoms with Crippen LogP contribution >= 0.6 is 23.2 Å². The van der Waals surface area contributed by atoms with Crippen LogP contribution in [0.15, 0.2) is 66.7 Å². The number of nitrogens with zero attached hydrogens (tertiary/aromatic N) is 2. The second-order valence-electron chi connectivity index (χ2n) is 5.94. The minimum absolute atomic E-state index is 0.463. The molecule has 3 aromatic carbocycles. The van der Waals surface area contributed by atoms with E-state index in [4.69, 9.17) is 38.9 Å². The van der Waals surface area contributed by atoms with Crippen molar-refractivity contribution in [1.82, 2.24) is 9.97 Å². The molecule has 0 bridgehead atoms. The van der Waals surface area contributed by atoms with Gasteiger partial charge in [-0.3, -0.25) is 0 Å². The number of fused-ring (bicyclic) bond motifs is 1. The van der Waals surface area contributed by atoms with Crippen LogP contribution in [0.3, 0.4) is 0 Å². The summed E-state index contributed by atoms with van der Waals surface area (Å²) in [6.45, 7) is 0.503. The summed E-state index contributed by atoms with van der Waals surface area (Å²) < 4.78 is 0. The minimum atomic E-state index is 0.463. The van der Waals surface area contributed by atoms with Gasteiger partial charge >= 0.3 is 0 Å². The minimum Gasteiger partial charge on any atom is -0.326 e. The Labute approximate surface area is 161 Å². The Morgan fingerprint density at radius 1 is 0.692 bits per heavy atom. The maximum atomic E-state index is 6.17. The Hall–Kier alpha value is -2.46. The molecule has 0 saturated carbocycles. The highest BCUT2D eigenvalue weighted by Crippen LogP contribution is 2.33. The average molecular weight is 380 g/mol. The first-order valence-electron chi connectivity index (χ1n) is 8.17. The van der Waals surface area contributed by atoms with Crippen molar-refractivity contribution in [3.05, 3.63) is 82.3 Å². The van der Waals surface area contributed by atoms with E-state index in [-0.39, 0.29) is 0 Å². The van der Waals surface area contributed by atoms with Gasteiger partial charge in [-0.25, -0.2) is 9.97 Å². The highest BCUT2D eigenvalue weighted by Gasteiger charge is 2.14. The topological polar surface area (TPSA) is 51.8 Å². The summed E-state index contributed by atoms with van der Waals surface area (Å²) in [5.74, 6) is 0. The fourth-order valence-electron chi connectivity index (χ4n) is 2.85. The van der Waals surface area contributed by atoms with Gasteiger partial charge in [0.05, 0.1) is 32.5 Å². The third-order valence-corrected chi connectivity index (χ3v) is 4.94. The molecular formula is C21H15Cl2N3. The lowest BCUT2D eigenvalue weighted by Gasteiger charge is -2.11. The van der Waals surface area contributed by atoms with E-state index in [1.807, 2.05) is 54.6 Å². The molecule has 0 aliphatic heterocycles. The van der Waals surface area contributed by atoms with Crippen molar-refractivity contribution in [3.8, 4) is 22.5 Å². The normalized spacial score (nSPS) is 11.0. The monoisotopic (exact) mass is 379 g/mol. The third kappa shape index (κ3) is 3.17. The molecule has 128 valence electrons. The summed E-state index contributed by atoms with van der Waals surface area (Å²) in [5.41, 5.74) is 11.8. The van der Waals surface area contributed by atoms with Gasteiger partial charge in [0, 0.05) is 17.7 Å². The van der Waals surface area contributed by atoms with E-state index in [0.29, 0.717) is 27.6 Å². The first kappa shape index (κ1) is 17.0. The number of halogens is 2. The van der Waals surface area contributed by atoms with Crippen LogP contribution in [0, 0.1) is 0 Å². The number of hydrogen-bond donors (Lipinski definition) is 1. The van der Waals surface area contributed by atoms with Crippen LogP contribution in [0.4, 0.5) is 0 Å². The van der Waals surface area contributed by atoms with Crippen molar-refractivity contribution in [2.75, 3.05) is 0 Å². The lowest BCUT2D eigenvalue weighted by Crippen LogP contribution is -1.98. The van der Waals surface area contributed by atoms with E-state index in [9.17, 15) is 0 Å². The Balaban J connectivity index is 2.00. The summed E-state index contributed by atoms with van der Waals surface area (Å²) in [6.07, 6.45) is 0. The lowest BCUT2D eigenvalue weighted by atomic mass is 10.0. The summed E-state index contributed by atoms with van der Waals surface area (Å²) in [5, 5.41) is 0.929. The Morgan fingerprint density at radius 3 is 1.69 bits per heavy atom. The summed E-state index contributed by atoms with van der Waals surface area (Å²) in [4.78, 5) is 9.68. The number of hydrogen-bond acceptors (Lipinski definition) is 3. The van der Waals surface area contributed by atoms with E-state index >= 15 is 0 Å². The highest BCUT2D eigenvalue weighted by atomic mass is 35.5. The fraction of sp³-hybridized carbons (Fsp3) is 0.0476. The molecule has 26 heavy (non-hydrogen) atoms. The number of rotatable bonds is 3. The van der Waals surface area contributed by atoms with Crippen LogP contribution in [-0.2, 0) is 6.54 Å². The molecule has 4 aromatic rings. The quantitative estimate of drug-likeness (QED) is 0.494. The predicted octanol–water partition coefficient (Wildman–Crippen LogP) is 5.73. The van der Waals surface area contributed by atoms with Gasteiger partial charge in [0.2, 0.25) is 0 Å². The molecular weight excluding hydrogens is 365 g/mol. The van der Waals surface area contributed by atoms with Crippen molar-refractivity contribution in [1.29, 1.82) is 0 Å². The summed E-state index contributed by atoms with van der Waals surface area (Å²) >= 11 is 12.3. The van der Waals surface area contributed by atoms with Gasteiger partial charge in [-0.2, -0.15) is 0 Å². The predicted molar refractivity (Wildman–Crippen MR) is 108 cm³/mol. The number of nitrogens with two attached hydrogens (primary N) is 1. The number of benzene rings is 3. The Bertz CT molecular complexity index is 1080. The molecule has 1 aromatic heterocycles.